The summed E-state index contributed by atoms with van der Waals surface area (Å²) in [4.78, 5) is 22.8. The molecule has 1 aromatic rings. The van der Waals surface area contributed by atoms with E-state index in [0.29, 0.717) is 12.1 Å². The fourth-order valence-corrected chi connectivity index (χ4v) is 2.08. The van der Waals surface area contributed by atoms with Gasteiger partial charge in [-0.1, -0.05) is 12.1 Å². The molecule has 2 rings (SSSR count). The topological polar surface area (TPSA) is 67.4 Å². The zero-order chi connectivity index (χ0) is 14.8. The first kappa shape index (κ1) is 14.4. The van der Waals surface area contributed by atoms with Crippen LogP contribution in [0.5, 0.6) is 0 Å². The molecule has 1 saturated heterocycles. The van der Waals surface area contributed by atoms with Gasteiger partial charge >= 0.3 is 6.09 Å². The van der Waals surface area contributed by atoms with Gasteiger partial charge in [-0.3, -0.25) is 10.1 Å². The van der Waals surface area contributed by atoms with E-state index in [1.165, 1.54) is 0 Å². The molecule has 1 fully saturated rings. The molecule has 20 heavy (non-hydrogen) atoms. The molecule has 5 heteroatoms. The summed E-state index contributed by atoms with van der Waals surface area (Å²) >= 11 is 0. The number of hydrogen-bond acceptors (Lipinski definition) is 3. The van der Waals surface area contributed by atoms with E-state index in [1.807, 2.05) is 45.0 Å². The molecule has 0 saturated carbocycles. The van der Waals surface area contributed by atoms with Crippen molar-refractivity contribution >= 4 is 17.7 Å². The van der Waals surface area contributed by atoms with Crippen molar-refractivity contribution in [2.45, 2.75) is 45.3 Å². The number of nitrogens with one attached hydrogen (secondary N) is 2. The van der Waals surface area contributed by atoms with Crippen LogP contribution in [0.4, 0.5) is 10.5 Å². The quantitative estimate of drug-likeness (QED) is 0.872. The number of benzene rings is 1. The maximum Gasteiger partial charge on any atom is 0.412 e. The van der Waals surface area contributed by atoms with Crippen molar-refractivity contribution in [2.75, 3.05) is 5.32 Å². The molecule has 0 aromatic heterocycles. The number of ether oxygens (including phenoxy) is 1. The van der Waals surface area contributed by atoms with Crippen LogP contribution in [0.3, 0.4) is 0 Å². The van der Waals surface area contributed by atoms with E-state index >= 15 is 0 Å². The molecule has 0 unspecified atom stereocenters. The first-order valence-corrected chi connectivity index (χ1v) is 6.73. The number of hydrogen-bond donors (Lipinski definition) is 2. The molecule has 0 aliphatic carbocycles. The van der Waals surface area contributed by atoms with E-state index in [2.05, 4.69) is 10.6 Å². The Morgan fingerprint density at radius 2 is 1.95 bits per heavy atom. The molecule has 0 bridgehead atoms. The Labute approximate surface area is 118 Å². The van der Waals surface area contributed by atoms with Crippen molar-refractivity contribution in [3.63, 3.8) is 0 Å². The summed E-state index contributed by atoms with van der Waals surface area (Å²) in [6, 6.07) is 7.51. The van der Waals surface area contributed by atoms with Crippen LogP contribution in [0.1, 0.15) is 45.2 Å². The monoisotopic (exact) mass is 276 g/mol. The third-order valence-corrected chi connectivity index (χ3v) is 2.95. The standard InChI is InChI=1S/C15H20N2O3/c1-15(2,3)20-14(19)16-11-6-4-10(5-7-11)12-8-9-13(18)17-12/h4-7,12H,8-9H2,1-3H3,(H,16,19)(H,17,18)/t12-/m1/s1. The molecule has 1 heterocycles. The molecule has 5 nitrogen and oxygen atoms in total. The predicted molar refractivity (Wildman–Crippen MR) is 76.4 cm³/mol. The van der Waals surface area contributed by atoms with Gasteiger partial charge in [0.2, 0.25) is 5.91 Å². The van der Waals surface area contributed by atoms with E-state index in [4.69, 9.17) is 4.74 Å². The lowest BCUT2D eigenvalue weighted by atomic mass is 10.1. The highest BCUT2D eigenvalue weighted by Crippen LogP contribution is 2.24. The van der Waals surface area contributed by atoms with Crippen LogP contribution in [-0.4, -0.2) is 17.6 Å². The number of anilines is 1. The molecule has 1 aliphatic heterocycles. The molecule has 2 amide bonds. The van der Waals surface area contributed by atoms with Gasteiger partial charge in [-0.15, -0.1) is 0 Å². The van der Waals surface area contributed by atoms with Crippen molar-refractivity contribution < 1.29 is 14.3 Å². The molecule has 2 N–H and O–H groups in total. The highest BCUT2D eigenvalue weighted by Gasteiger charge is 2.22. The Hall–Kier alpha value is -2.04. The van der Waals surface area contributed by atoms with Crippen LogP contribution in [0.15, 0.2) is 24.3 Å². The lowest BCUT2D eigenvalue weighted by molar-refractivity contribution is -0.119. The number of amides is 2. The highest BCUT2D eigenvalue weighted by atomic mass is 16.6. The molecule has 1 atom stereocenters. The summed E-state index contributed by atoms with van der Waals surface area (Å²) in [6.07, 6.45) is 0.916. The largest absolute Gasteiger partial charge is 0.444 e. The summed E-state index contributed by atoms with van der Waals surface area (Å²) in [6.45, 7) is 5.45. The second kappa shape index (κ2) is 5.53. The molecular formula is C15H20N2O3. The van der Waals surface area contributed by atoms with E-state index in [0.717, 1.165) is 12.0 Å². The van der Waals surface area contributed by atoms with Crippen LogP contribution >= 0.6 is 0 Å². The van der Waals surface area contributed by atoms with Gasteiger partial charge in [0.15, 0.2) is 0 Å². The number of carbonyl (C=O) groups excluding carboxylic acids is 2. The second-order valence-corrected chi connectivity index (χ2v) is 5.91. The zero-order valence-corrected chi connectivity index (χ0v) is 12.0. The number of carbonyl (C=O) groups is 2. The minimum Gasteiger partial charge on any atom is -0.444 e. The number of rotatable bonds is 2. The molecule has 1 aromatic carbocycles. The van der Waals surface area contributed by atoms with Gasteiger partial charge in [0.1, 0.15) is 5.60 Å². The molecule has 108 valence electrons. The second-order valence-electron chi connectivity index (χ2n) is 5.91. The van der Waals surface area contributed by atoms with E-state index in [9.17, 15) is 9.59 Å². The summed E-state index contributed by atoms with van der Waals surface area (Å²) < 4.78 is 5.18. The van der Waals surface area contributed by atoms with Crippen LogP contribution in [-0.2, 0) is 9.53 Å². The lowest BCUT2D eigenvalue weighted by Gasteiger charge is -2.19. The Bertz CT molecular complexity index is 503. The van der Waals surface area contributed by atoms with Gasteiger partial charge in [0, 0.05) is 12.1 Å². The van der Waals surface area contributed by atoms with Crippen LogP contribution in [0, 0.1) is 0 Å². The maximum atomic E-state index is 11.6. The predicted octanol–water partition coefficient (Wildman–Crippen LogP) is 2.98. The fourth-order valence-electron chi connectivity index (χ4n) is 2.08. The van der Waals surface area contributed by atoms with Crippen molar-refractivity contribution in [1.29, 1.82) is 0 Å². The van der Waals surface area contributed by atoms with Crippen molar-refractivity contribution in [1.82, 2.24) is 5.32 Å². The Morgan fingerprint density at radius 3 is 2.45 bits per heavy atom. The lowest BCUT2D eigenvalue weighted by Crippen LogP contribution is -2.27. The van der Waals surface area contributed by atoms with Crippen LogP contribution in [0.25, 0.3) is 0 Å². The maximum absolute atomic E-state index is 11.6. The van der Waals surface area contributed by atoms with Crippen molar-refractivity contribution in [3.8, 4) is 0 Å². The van der Waals surface area contributed by atoms with E-state index < -0.39 is 11.7 Å². The van der Waals surface area contributed by atoms with Gasteiger partial charge in [0.25, 0.3) is 0 Å². The van der Waals surface area contributed by atoms with E-state index in [1.54, 1.807) is 0 Å². The molecule has 0 spiro atoms. The first-order valence-electron chi connectivity index (χ1n) is 6.73. The summed E-state index contributed by atoms with van der Waals surface area (Å²) in [5.41, 5.74) is 1.20. The van der Waals surface area contributed by atoms with Crippen molar-refractivity contribution in [3.05, 3.63) is 29.8 Å². The molecular weight excluding hydrogens is 256 g/mol. The highest BCUT2D eigenvalue weighted by molar-refractivity contribution is 5.85. The SMILES string of the molecule is CC(C)(C)OC(=O)Nc1ccc([C@H]2CCC(=O)N2)cc1. The summed E-state index contributed by atoms with van der Waals surface area (Å²) in [5, 5.41) is 5.59. The van der Waals surface area contributed by atoms with Gasteiger partial charge in [-0.2, -0.15) is 0 Å². The Morgan fingerprint density at radius 1 is 1.30 bits per heavy atom. The average molecular weight is 276 g/mol. The average Bonchev–Trinajstić information content (AvgIpc) is 2.74. The Kier molecular flexibility index (Phi) is 3.97. The third-order valence-electron chi connectivity index (χ3n) is 2.95. The summed E-state index contributed by atoms with van der Waals surface area (Å²) in [5.74, 6) is 0.0888. The normalized spacial score (nSPS) is 18.6. The fraction of sp³-hybridized carbons (Fsp3) is 0.467. The van der Waals surface area contributed by atoms with Crippen molar-refractivity contribution in [2.24, 2.45) is 0 Å². The van der Waals surface area contributed by atoms with Crippen LogP contribution < -0.4 is 10.6 Å². The van der Waals surface area contributed by atoms with Gasteiger partial charge in [-0.25, -0.2) is 4.79 Å². The first-order chi connectivity index (χ1) is 9.33. The minimum absolute atomic E-state index is 0.0816. The zero-order valence-electron chi connectivity index (χ0n) is 12.0. The van der Waals surface area contributed by atoms with Crippen LogP contribution in [0.2, 0.25) is 0 Å². The minimum atomic E-state index is -0.516. The Balaban J connectivity index is 1.95. The smallest absolute Gasteiger partial charge is 0.412 e. The van der Waals surface area contributed by atoms with E-state index in [-0.39, 0.29) is 11.9 Å². The third kappa shape index (κ3) is 3.98. The van der Waals surface area contributed by atoms with Gasteiger partial charge < -0.3 is 10.1 Å². The molecule has 1 aliphatic rings. The molecule has 0 radical (unpaired) electrons. The summed E-state index contributed by atoms with van der Waals surface area (Å²) in [7, 11) is 0. The van der Waals surface area contributed by atoms with Gasteiger partial charge in [0.05, 0.1) is 6.04 Å². The van der Waals surface area contributed by atoms with Gasteiger partial charge in [-0.05, 0) is 44.9 Å².